The molecule has 268 valence electrons. The monoisotopic (exact) mass is 683 g/mol. The first kappa shape index (κ1) is 36.7. The summed E-state index contributed by atoms with van der Waals surface area (Å²) in [5, 5.41) is 25.3. The Morgan fingerprint density at radius 2 is 1.61 bits per heavy atom. The number of fused-ring (bicyclic) bond motifs is 5. The maximum absolute atomic E-state index is 15.2. The van der Waals surface area contributed by atoms with Crippen LogP contribution in [0.5, 0.6) is 0 Å². The zero-order chi connectivity index (χ0) is 36.4. The number of aliphatic hydroxyl groups excluding tert-OH is 1. The topological polar surface area (TPSA) is 189 Å². The normalized spacial score (nSPS) is 37.5. The summed E-state index contributed by atoms with van der Waals surface area (Å²) in [6.45, 7) is 12.1. The van der Waals surface area contributed by atoms with E-state index in [-0.39, 0.29) is 30.4 Å². The number of rotatable bonds is 7. The summed E-state index contributed by atoms with van der Waals surface area (Å²) in [4.78, 5) is 68.2. The zero-order valence-electron chi connectivity index (χ0n) is 29.5. The molecule has 49 heavy (non-hydrogen) atoms. The molecule has 3 saturated carbocycles. The van der Waals surface area contributed by atoms with Crippen LogP contribution in [0.2, 0.25) is 0 Å². The van der Waals surface area contributed by atoms with E-state index in [2.05, 4.69) is 0 Å². The van der Waals surface area contributed by atoms with E-state index < -0.39 is 99.9 Å². The molecular formula is C37H49NO11. The van der Waals surface area contributed by atoms with Gasteiger partial charge in [0.1, 0.15) is 23.4 Å². The maximum atomic E-state index is 15.2. The van der Waals surface area contributed by atoms with Crippen LogP contribution in [0.15, 0.2) is 41.5 Å². The highest BCUT2D eigenvalue weighted by atomic mass is 16.6. The number of esters is 4. The third-order valence-corrected chi connectivity index (χ3v) is 12.2. The first-order valence-corrected chi connectivity index (χ1v) is 17.0. The predicted molar refractivity (Wildman–Crippen MR) is 174 cm³/mol. The second-order valence-electron chi connectivity index (χ2n) is 15.3. The van der Waals surface area contributed by atoms with E-state index in [9.17, 15) is 29.4 Å². The lowest BCUT2D eigenvalue weighted by Crippen LogP contribution is -2.78. The lowest BCUT2D eigenvalue weighted by atomic mass is 9.41. The number of ketones is 1. The minimum atomic E-state index is -2.15. The lowest BCUT2D eigenvalue weighted by molar-refractivity contribution is -0.296. The Morgan fingerprint density at radius 1 is 0.980 bits per heavy atom. The van der Waals surface area contributed by atoms with Crippen LogP contribution in [0.25, 0.3) is 0 Å². The minimum absolute atomic E-state index is 0.0768. The summed E-state index contributed by atoms with van der Waals surface area (Å²) in [7, 11) is 0. The number of nitrogens with two attached hydrogens (primary N) is 1. The lowest BCUT2D eigenvalue weighted by Gasteiger charge is -2.68. The van der Waals surface area contributed by atoms with E-state index in [0.29, 0.717) is 12.0 Å². The van der Waals surface area contributed by atoms with Gasteiger partial charge in [0.2, 0.25) is 0 Å². The summed E-state index contributed by atoms with van der Waals surface area (Å²) in [6, 6.07) is 7.55. The Morgan fingerprint density at radius 3 is 2.14 bits per heavy atom. The third kappa shape index (κ3) is 5.60. The zero-order valence-corrected chi connectivity index (χ0v) is 29.5. The van der Waals surface area contributed by atoms with Gasteiger partial charge in [0.05, 0.1) is 28.9 Å². The second-order valence-corrected chi connectivity index (χ2v) is 15.3. The van der Waals surface area contributed by atoms with Gasteiger partial charge in [-0.25, -0.2) is 4.79 Å². The van der Waals surface area contributed by atoms with E-state index in [1.807, 2.05) is 0 Å². The standard InChI is InChI=1S/C37H49NO11/c1-18(20(3)38)32(43)47-25-17-37(45)31(48-33(44)23-12-10-9-11-13-23)29-35(8,26(41)16-24-14-15-36(24,29)49-22(5)40)30(42)28(46-21(4)39)27(19(25)2)34(37,6)7/h9-13,18,20,24-26,28-29,31,41,45H,14-17,38H2,1-8H3/t18?,20-,24+,25-,26-,28+,29-,31-,35+,36-,37+/m0/s1. The van der Waals surface area contributed by atoms with Crippen LogP contribution in [-0.2, 0) is 38.1 Å². The van der Waals surface area contributed by atoms with E-state index in [1.54, 1.807) is 65.0 Å². The van der Waals surface area contributed by atoms with Crippen molar-refractivity contribution in [3.63, 3.8) is 0 Å². The van der Waals surface area contributed by atoms with Gasteiger partial charge in [-0.2, -0.15) is 0 Å². The summed E-state index contributed by atoms with van der Waals surface area (Å²) in [5.74, 6) is -6.10. The molecule has 4 aliphatic rings. The van der Waals surface area contributed by atoms with Gasteiger partial charge in [-0.3, -0.25) is 19.2 Å². The summed E-state index contributed by atoms with van der Waals surface area (Å²) >= 11 is 0. The van der Waals surface area contributed by atoms with E-state index >= 15 is 4.79 Å². The molecule has 3 fully saturated rings. The van der Waals surface area contributed by atoms with Crippen molar-refractivity contribution in [2.45, 2.75) is 123 Å². The van der Waals surface area contributed by atoms with Crippen molar-refractivity contribution < 1.29 is 53.1 Å². The van der Waals surface area contributed by atoms with Gasteiger partial charge in [0.15, 0.2) is 11.9 Å². The fourth-order valence-electron chi connectivity index (χ4n) is 9.02. The molecule has 0 amide bonds. The number of hydrogen-bond acceptors (Lipinski definition) is 12. The minimum Gasteiger partial charge on any atom is -0.458 e. The molecule has 1 unspecified atom stereocenters. The number of carbonyl (C=O) groups is 5. The molecule has 0 saturated heterocycles. The third-order valence-electron chi connectivity index (χ3n) is 12.2. The molecule has 0 spiro atoms. The van der Waals surface area contributed by atoms with Gasteiger partial charge in [-0.15, -0.1) is 0 Å². The molecule has 0 aliphatic heterocycles. The van der Waals surface area contributed by atoms with Gasteiger partial charge in [0.25, 0.3) is 0 Å². The van der Waals surface area contributed by atoms with Crippen LogP contribution < -0.4 is 5.73 Å². The van der Waals surface area contributed by atoms with Gasteiger partial charge >= 0.3 is 23.9 Å². The Bertz CT molecular complexity index is 1570. The van der Waals surface area contributed by atoms with Crippen molar-refractivity contribution in [1.29, 1.82) is 0 Å². The van der Waals surface area contributed by atoms with Crippen molar-refractivity contribution in [2.75, 3.05) is 0 Å². The van der Waals surface area contributed by atoms with Crippen molar-refractivity contribution in [3.05, 3.63) is 47.0 Å². The van der Waals surface area contributed by atoms with Crippen molar-refractivity contribution >= 4 is 29.7 Å². The summed E-state index contributed by atoms with van der Waals surface area (Å²) < 4.78 is 24.3. The van der Waals surface area contributed by atoms with Crippen LogP contribution in [-0.4, -0.2) is 81.5 Å². The van der Waals surface area contributed by atoms with Gasteiger partial charge in [-0.1, -0.05) is 39.0 Å². The van der Waals surface area contributed by atoms with Gasteiger partial charge in [0, 0.05) is 37.6 Å². The fourth-order valence-corrected chi connectivity index (χ4v) is 9.02. The molecule has 0 heterocycles. The molecule has 5 rings (SSSR count). The largest absolute Gasteiger partial charge is 0.458 e. The molecule has 2 bridgehead atoms. The summed E-state index contributed by atoms with van der Waals surface area (Å²) in [5.41, 5.74) is -0.219. The molecule has 1 aromatic carbocycles. The molecular weight excluding hydrogens is 634 g/mol. The average Bonchev–Trinajstić information content (AvgIpc) is 3.02. The molecule has 0 radical (unpaired) electrons. The Kier molecular flexibility index (Phi) is 9.44. The molecule has 4 aliphatic carbocycles. The number of benzene rings is 1. The molecule has 11 atom stereocenters. The van der Waals surface area contributed by atoms with Crippen LogP contribution in [0.4, 0.5) is 0 Å². The van der Waals surface area contributed by atoms with Gasteiger partial charge < -0.3 is 34.9 Å². The second kappa shape index (κ2) is 12.6. The molecule has 1 aromatic rings. The predicted octanol–water partition coefficient (Wildman–Crippen LogP) is 3.20. The smallest absolute Gasteiger partial charge is 0.338 e. The van der Waals surface area contributed by atoms with Crippen molar-refractivity contribution in [2.24, 2.45) is 34.3 Å². The molecule has 0 aromatic heterocycles. The average molecular weight is 684 g/mol. The highest BCUT2D eigenvalue weighted by molar-refractivity contribution is 5.95. The highest BCUT2D eigenvalue weighted by Gasteiger charge is 2.77. The van der Waals surface area contributed by atoms with Gasteiger partial charge in [-0.05, 0) is 63.3 Å². The van der Waals surface area contributed by atoms with E-state index in [0.717, 1.165) is 6.92 Å². The van der Waals surface area contributed by atoms with Crippen LogP contribution in [0.3, 0.4) is 0 Å². The first-order valence-electron chi connectivity index (χ1n) is 17.0. The molecule has 4 N–H and O–H groups in total. The van der Waals surface area contributed by atoms with E-state index in [4.69, 9.17) is 24.7 Å². The number of hydrogen-bond donors (Lipinski definition) is 3. The van der Waals surface area contributed by atoms with Crippen LogP contribution in [0.1, 0.15) is 91.4 Å². The van der Waals surface area contributed by atoms with E-state index in [1.165, 1.54) is 13.8 Å². The number of ether oxygens (including phenoxy) is 4. The van der Waals surface area contributed by atoms with Crippen molar-refractivity contribution in [3.8, 4) is 0 Å². The Labute approximate surface area is 286 Å². The fraction of sp³-hybridized carbons (Fsp3) is 0.649. The highest BCUT2D eigenvalue weighted by Crippen LogP contribution is 2.67. The van der Waals surface area contributed by atoms with Crippen LogP contribution >= 0.6 is 0 Å². The first-order chi connectivity index (χ1) is 22.7. The number of Topliss-reactive ketones (excluding diaryl/α,β-unsaturated/α-hetero) is 1. The molecule has 12 heteroatoms. The number of carbonyl (C=O) groups excluding carboxylic acids is 5. The Balaban J connectivity index is 1.84. The summed E-state index contributed by atoms with van der Waals surface area (Å²) in [6.07, 6.45) is -5.18. The van der Waals surface area contributed by atoms with Crippen LogP contribution in [0, 0.1) is 28.6 Å². The molecule has 12 nitrogen and oxygen atoms in total. The maximum Gasteiger partial charge on any atom is 0.338 e. The quantitative estimate of drug-likeness (QED) is 0.217. The SMILES string of the molecule is CC(=O)O[C@H]1C(=O)[C@@]2(C)[C@H]([C@H](OC(=O)c3ccccc3)[C@]3(O)C[C@H](OC(=O)C(C)[C@H](C)N)C(C)=C1C3(C)C)[C@]1(OC(C)=O)CC[C@@H]1C[C@@H]2O. The van der Waals surface area contributed by atoms with Crippen molar-refractivity contribution in [1.82, 2.24) is 0 Å². The number of aliphatic hydroxyl groups is 2. The Hall–Kier alpha value is -3.61.